The largest absolute Gasteiger partial charge is 0.365 e. The second-order valence-electron chi connectivity index (χ2n) is 5.22. The van der Waals surface area contributed by atoms with E-state index < -0.39 is 5.79 Å². The van der Waals surface area contributed by atoms with E-state index in [2.05, 4.69) is 15.5 Å². The van der Waals surface area contributed by atoms with Gasteiger partial charge < -0.3 is 14.8 Å². The van der Waals surface area contributed by atoms with E-state index in [1.165, 1.54) is 0 Å². The molecule has 1 aromatic carbocycles. The number of ether oxygens (including phenoxy) is 2. The van der Waals surface area contributed by atoms with Crippen LogP contribution in [-0.2, 0) is 9.47 Å². The smallest absolute Gasteiger partial charge is 0.163 e. The fraction of sp³-hybridized carbons (Fsp3) is 0.429. The summed E-state index contributed by atoms with van der Waals surface area (Å²) in [4.78, 5) is 0. The molecule has 2 aromatic rings. The average Bonchev–Trinajstić information content (AvgIpc) is 2.78. The summed E-state index contributed by atoms with van der Waals surface area (Å²) in [6, 6.07) is 7.77. The summed E-state index contributed by atoms with van der Waals surface area (Å²) in [6.07, 6.45) is 0.00115. The van der Waals surface area contributed by atoms with E-state index in [4.69, 9.17) is 21.1 Å². The molecule has 1 atom stereocenters. The van der Waals surface area contributed by atoms with Gasteiger partial charge in [0.2, 0.25) is 0 Å². The summed E-state index contributed by atoms with van der Waals surface area (Å²) in [5.74, 6) is 0.193. The first-order valence-electron chi connectivity index (χ1n) is 6.52. The Hall–Kier alpha value is -1.43. The van der Waals surface area contributed by atoms with E-state index in [1.54, 1.807) is 0 Å². The summed E-state index contributed by atoms with van der Waals surface area (Å²) in [5.41, 5.74) is 0. The van der Waals surface area contributed by atoms with Crippen molar-refractivity contribution in [3.63, 3.8) is 0 Å². The molecule has 20 heavy (non-hydrogen) atoms. The Balaban J connectivity index is 1.77. The van der Waals surface area contributed by atoms with E-state index in [0.717, 1.165) is 10.8 Å². The molecule has 1 aliphatic heterocycles. The molecule has 0 saturated carbocycles. The minimum absolute atomic E-state index is 0.00115. The van der Waals surface area contributed by atoms with E-state index in [9.17, 15) is 0 Å². The first-order chi connectivity index (χ1) is 9.55. The molecular formula is C14H16ClN3O2. The molecule has 106 valence electrons. The van der Waals surface area contributed by atoms with Crippen LogP contribution in [0.15, 0.2) is 24.3 Å². The highest BCUT2D eigenvalue weighted by atomic mass is 35.5. The van der Waals surface area contributed by atoms with Crippen LogP contribution >= 0.6 is 11.6 Å². The number of anilines is 1. The number of halogens is 1. The van der Waals surface area contributed by atoms with Gasteiger partial charge >= 0.3 is 0 Å². The zero-order valence-corrected chi connectivity index (χ0v) is 12.1. The molecule has 0 aliphatic carbocycles. The van der Waals surface area contributed by atoms with Crippen molar-refractivity contribution >= 4 is 28.2 Å². The lowest BCUT2D eigenvalue weighted by molar-refractivity contribution is -0.136. The number of nitrogens with zero attached hydrogens (tertiary/aromatic N) is 2. The van der Waals surface area contributed by atoms with Crippen molar-refractivity contribution in [1.82, 2.24) is 10.2 Å². The molecule has 1 fully saturated rings. The Kier molecular flexibility index (Phi) is 3.50. The molecular weight excluding hydrogens is 278 g/mol. The van der Waals surface area contributed by atoms with Gasteiger partial charge in [-0.25, -0.2) is 0 Å². The highest BCUT2D eigenvalue weighted by Crippen LogP contribution is 2.26. The zero-order chi connectivity index (χ0) is 14.2. The monoisotopic (exact) mass is 293 g/mol. The minimum Gasteiger partial charge on any atom is -0.365 e. The van der Waals surface area contributed by atoms with Crippen LogP contribution in [0.1, 0.15) is 13.8 Å². The summed E-state index contributed by atoms with van der Waals surface area (Å²) < 4.78 is 11.3. The fourth-order valence-electron chi connectivity index (χ4n) is 2.28. The SMILES string of the molecule is CC1(C)OC[C@H](CNc2nnc(Cl)c3ccccc23)O1. The average molecular weight is 294 g/mol. The van der Waals surface area contributed by atoms with Crippen LogP contribution in [0.2, 0.25) is 5.15 Å². The predicted molar refractivity (Wildman–Crippen MR) is 77.9 cm³/mol. The number of benzene rings is 1. The van der Waals surface area contributed by atoms with E-state index in [1.807, 2.05) is 38.1 Å². The van der Waals surface area contributed by atoms with Crippen LogP contribution in [-0.4, -0.2) is 35.2 Å². The summed E-state index contributed by atoms with van der Waals surface area (Å²) >= 11 is 6.05. The number of hydrogen-bond donors (Lipinski definition) is 1. The van der Waals surface area contributed by atoms with Gasteiger partial charge in [-0.2, -0.15) is 0 Å². The molecule has 0 unspecified atom stereocenters. The van der Waals surface area contributed by atoms with Gasteiger partial charge in [-0.05, 0) is 13.8 Å². The second-order valence-corrected chi connectivity index (χ2v) is 5.57. The number of nitrogens with one attached hydrogen (secondary N) is 1. The quantitative estimate of drug-likeness (QED) is 0.943. The molecule has 0 bridgehead atoms. The number of hydrogen-bond acceptors (Lipinski definition) is 5. The van der Waals surface area contributed by atoms with Gasteiger partial charge in [0, 0.05) is 17.3 Å². The fourth-order valence-corrected chi connectivity index (χ4v) is 2.48. The third kappa shape index (κ3) is 2.70. The first kappa shape index (κ1) is 13.5. The normalized spacial score (nSPS) is 21.2. The number of rotatable bonds is 3. The van der Waals surface area contributed by atoms with Gasteiger partial charge in [0.25, 0.3) is 0 Å². The van der Waals surface area contributed by atoms with Crippen LogP contribution < -0.4 is 5.32 Å². The lowest BCUT2D eigenvalue weighted by Crippen LogP contribution is -2.26. The topological polar surface area (TPSA) is 56.3 Å². The van der Waals surface area contributed by atoms with Gasteiger partial charge in [-0.3, -0.25) is 0 Å². The van der Waals surface area contributed by atoms with Gasteiger partial charge in [0.05, 0.1) is 6.61 Å². The maximum Gasteiger partial charge on any atom is 0.163 e. The van der Waals surface area contributed by atoms with Crippen molar-refractivity contribution in [3.8, 4) is 0 Å². The van der Waals surface area contributed by atoms with Crippen molar-refractivity contribution in [1.29, 1.82) is 0 Å². The molecule has 2 heterocycles. The Morgan fingerprint density at radius 1 is 1.30 bits per heavy atom. The summed E-state index contributed by atoms with van der Waals surface area (Å²) in [6.45, 7) is 5.00. The third-order valence-corrected chi connectivity index (χ3v) is 3.49. The lowest BCUT2D eigenvalue weighted by atomic mass is 10.2. The van der Waals surface area contributed by atoms with Gasteiger partial charge in [-0.15, -0.1) is 10.2 Å². The van der Waals surface area contributed by atoms with Crippen molar-refractivity contribution < 1.29 is 9.47 Å². The maximum atomic E-state index is 6.05. The minimum atomic E-state index is -0.514. The van der Waals surface area contributed by atoms with Crippen molar-refractivity contribution in [2.24, 2.45) is 0 Å². The number of aromatic nitrogens is 2. The highest BCUT2D eigenvalue weighted by molar-refractivity contribution is 6.34. The van der Waals surface area contributed by atoms with Crippen LogP contribution in [0.3, 0.4) is 0 Å². The molecule has 1 N–H and O–H groups in total. The lowest BCUT2D eigenvalue weighted by Gasteiger charge is -2.17. The van der Waals surface area contributed by atoms with E-state index in [0.29, 0.717) is 24.1 Å². The van der Waals surface area contributed by atoms with Crippen molar-refractivity contribution in [2.45, 2.75) is 25.7 Å². The van der Waals surface area contributed by atoms with Gasteiger partial charge in [0.15, 0.2) is 16.8 Å². The molecule has 0 radical (unpaired) electrons. The molecule has 0 spiro atoms. The van der Waals surface area contributed by atoms with Crippen LogP contribution in [0.25, 0.3) is 10.8 Å². The summed E-state index contributed by atoms with van der Waals surface area (Å²) in [5, 5.41) is 13.6. The van der Waals surface area contributed by atoms with Gasteiger partial charge in [0.1, 0.15) is 6.10 Å². The first-order valence-corrected chi connectivity index (χ1v) is 6.89. The van der Waals surface area contributed by atoms with Crippen LogP contribution in [0.5, 0.6) is 0 Å². The molecule has 3 rings (SSSR count). The molecule has 5 nitrogen and oxygen atoms in total. The van der Waals surface area contributed by atoms with Crippen LogP contribution in [0.4, 0.5) is 5.82 Å². The molecule has 1 aromatic heterocycles. The van der Waals surface area contributed by atoms with Gasteiger partial charge in [-0.1, -0.05) is 35.9 Å². The maximum absolute atomic E-state index is 6.05. The van der Waals surface area contributed by atoms with E-state index in [-0.39, 0.29) is 6.10 Å². The molecule has 1 saturated heterocycles. The molecule has 0 amide bonds. The van der Waals surface area contributed by atoms with Crippen molar-refractivity contribution in [2.75, 3.05) is 18.5 Å². The third-order valence-electron chi connectivity index (χ3n) is 3.21. The number of fused-ring (bicyclic) bond motifs is 1. The molecule has 6 heteroatoms. The van der Waals surface area contributed by atoms with Crippen molar-refractivity contribution in [3.05, 3.63) is 29.4 Å². The Bertz CT molecular complexity index is 633. The zero-order valence-electron chi connectivity index (χ0n) is 11.4. The Morgan fingerprint density at radius 3 is 2.75 bits per heavy atom. The highest BCUT2D eigenvalue weighted by Gasteiger charge is 2.32. The predicted octanol–water partition coefficient (Wildman–Crippen LogP) is 2.85. The van der Waals surface area contributed by atoms with E-state index >= 15 is 0 Å². The standard InChI is InChI=1S/C14H16ClN3O2/c1-14(2)19-8-9(20-14)7-16-13-11-6-4-3-5-10(11)12(15)17-18-13/h3-6,9H,7-8H2,1-2H3,(H,16,18)/t9-/m0/s1. The molecule has 1 aliphatic rings. The Labute approximate surface area is 122 Å². The van der Waals surface area contributed by atoms with Crippen LogP contribution in [0, 0.1) is 0 Å². The Morgan fingerprint density at radius 2 is 2.05 bits per heavy atom. The summed E-state index contributed by atoms with van der Waals surface area (Å²) in [7, 11) is 0. The second kappa shape index (κ2) is 5.16.